The van der Waals surface area contributed by atoms with Crippen LogP contribution in [0.3, 0.4) is 0 Å². The van der Waals surface area contributed by atoms with Gasteiger partial charge in [0, 0.05) is 5.41 Å². The average Bonchev–Trinajstić information content (AvgIpc) is 2.69. The molecule has 2 aromatic carbocycles. The minimum Gasteiger partial charge on any atom is -0.488 e. The van der Waals surface area contributed by atoms with Crippen LogP contribution in [0.4, 0.5) is 4.39 Å². The van der Waals surface area contributed by atoms with Gasteiger partial charge in [-0.05, 0) is 35.9 Å². The highest BCUT2D eigenvalue weighted by Crippen LogP contribution is 2.10. The van der Waals surface area contributed by atoms with Crippen LogP contribution in [0.15, 0.2) is 60.0 Å². The maximum atomic E-state index is 12.9. The van der Waals surface area contributed by atoms with Crippen LogP contribution in [0.5, 0.6) is 5.75 Å². The van der Waals surface area contributed by atoms with E-state index < -0.39 is 10.0 Å². The molecule has 1 heterocycles. The molecule has 0 radical (unpaired) electrons. The number of hydrogen-bond donors (Lipinski definition) is 1. The number of quaternary nitrogens is 1. The molecule has 0 saturated carbocycles. The van der Waals surface area contributed by atoms with E-state index in [1.807, 2.05) is 30.3 Å². The molecule has 1 fully saturated rings. The van der Waals surface area contributed by atoms with E-state index in [1.54, 1.807) is 18.2 Å². The number of piperazine rings is 1. The van der Waals surface area contributed by atoms with Gasteiger partial charge in [0.2, 0.25) is 10.0 Å². The van der Waals surface area contributed by atoms with Crippen molar-refractivity contribution >= 4 is 16.1 Å². The second-order valence-electron chi connectivity index (χ2n) is 6.46. The van der Waals surface area contributed by atoms with Gasteiger partial charge in [0.1, 0.15) is 24.7 Å². The van der Waals surface area contributed by atoms with Crippen LogP contribution in [0.1, 0.15) is 5.56 Å². The summed E-state index contributed by atoms with van der Waals surface area (Å²) >= 11 is 0. The van der Waals surface area contributed by atoms with E-state index in [4.69, 9.17) is 4.74 Å². The molecule has 0 unspecified atom stereocenters. The largest absolute Gasteiger partial charge is 0.488 e. The molecule has 1 N–H and O–H groups in total. The number of rotatable bonds is 7. The highest BCUT2D eigenvalue weighted by Gasteiger charge is 2.27. The summed E-state index contributed by atoms with van der Waals surface area (Å²) in [7, 11) is -3.40. The van der Waals surface area contributed by atoms with Crippen molar-refractivity contribution < 1.29 is 22.4 Å². The molecule has 0 aliphatic carbocycles. The van der Waals surface area contributed by atoms with Gasteiger partial charge < -0.3 is 9.64 Å². The fourth-order valence-electron chi connectivity index (χ4n) is 2.97. The highest BCUT2D eigenvalue weighted by atomic mass is 32.2. The van der Waals surface area contributed by atoms with Crippen molar-refractivity contribution in [2.24, 2.45) is 0 Å². The SMILES string of the molecule is O=S(=O)(/C=C/c1ccccc1)N1CC[NH+](CCOc2ccc(F)cc2)CC1. The van der Waals surface area contributed by atoms with Gasteiger partial charge in [0.15, 0.2) is 0 Å². The lowest BCUT2D eigenvalue weighted by Crippen LogP contribution is -3.15. The number of hydrogen-bond acceptors (Lipinski definition) is 3. The van der Waals surface area contributed by atoms with Crippen LogP contribution in [-0.2, 0) is 10.0 Å². The summed E-state index contributed by atoms with van der Waals surface area (Å²) in [5.74, 6) is 0.356. The second-order valence-corrected chi connectivity index (χ2v) is 8.28. The first-order chi connectivity index (χ1) is 13.0. The first-order valence-electron chi connectivity index (χ1n) is 8.98. The van der Waals surface area contributed by atoms with E-state index in [1.165, 1.54) is 26.7 Å². The standard InChI is InChI=1S/C20H23FN2O3S/c21-19-6-8-20(9-7-19)26-16-15-22-11-13-23(14-12-22)27(24,25)17-10-18-4-2-1-3-5-18/h1-10,17H,11-16H2/p+1/b17-10+. The zero-order valence-electron chi connectivity index (χ0n) is 15.1. The summed E-state index contributed by atoms with van der Waals surface area (Å²) in [5, 5.41) is 1.28. The van der Waals surface area contributed by atoms with Crippen molar-refractivity contribution in [1.82, 2.24) is 4.31 Å². The number of benzene rings is 2. The van der Waals surface area contributed by atoms with Crippen molar-refractivity contribution in [3.63, 3.8) is 0 Å². The Bertz CT molecular complexity index is 847. The van der Waals surface area contributed by atoms with Crippen LogP contribution in [0.2, 0.25) is 0 Å². The average molecular weight is 391 g/mol. The van der Waals surface area contributed by atoms with Gasteiger partial charge in [-0.2, -0.15) is 4.31 Å². The smallest absolute Gasteiger partial charge is 0.236 e. The number of halogens is 1. The van der Waals surface area contributed by atoms with Gasteiger partial charge in [-0.3, -0.25) is 0 Å². The van der Waals surface area contributed by atoms with Gasteiger partial charge in [-0.1, -0.05) is 30.3 Å². The molecule has 1 aliphatic heterocycles. The Morgan fingerprint density at radius 3 is 2.37 bits per heavy atom. The Morgan fingerprint density at radius 1 is 1.04 bits per heavy atom. The summed E-state index contributed by atoms with van der Waals surface area (Å²) in [6, 6.07) is 15.3. The predicted molar refractivity (Wildman–Crippen MR) is 103 cm³/mol. The summed E-state index contributed by atoms with van der Waals surface area (Å²) in [5.41, 5.74) is 0.864. The Kier molecular flexibility index (Phi) is 6.60. The lowest BCUT2D eigenvalue weighted by Gasteiger charge is -2.30. The van der Waals surface area contributed by atoms with Crippen molar-refractivity contribution in [3.05, 3.63) is 71.4 Å². The van der Waals surface area contributed by atoms with Crippen molar-refractivity contribution in [3.8, 4) is 5.75 Å². The molecule has 0 atom stereocenters. The molecular weight excluding hydrogens is 367 g/mol. The maximum absolute atomic E-state index is 12.9. The number of ether oxygens (including phenoxy) is 1. The Hall–Kier alpha value is -2.22. The van der Waals surface area contributed by atoms with Gasteiger partial charge in [-0.25, -0.2) is 12.8 Å². The van der Waals surface area contributed by atoms with Crippen LogP contribution in [0, 0.1) is 5.82 Å². The molecule has 5 nitrogen and oxygen atoms in total. The molecule has 3 rings (SSSR count). The fourth-order valence-corrected chi connectivity index (χ4v) is 4.16. The molecule has 2 aromatic rings. The van der Waals surface area contributed by atoms with E-state index in [2.05, 4.69) is 0 Å². The molecule has 1 saturated heterocycles. The first-order valence-corrected chi connectivity index (χ1v) is 10.5. The fraction of sp³-hybridized carbons (Fsp3) is 0.300. The normalized spacial score (nSPS) is 16.6. The van der Waals surface area contributed by atoms with Crippen molar-refractivity contribution in [1.29, 1.82) is 0 Å². The number of nitrogens with zero attached hydrogens (tertiary/aromatic N) is 1. The van der Waals surface area contributed by atoms with Gasteiger partial charge in [-0.15, -0.1) is 0 Å². The number of sulfonamides is 1. The lowest BCUT2D eigenvalue weighted by atomic mass is 10.2. The molecule has 0 amide bonds. The topological polar surface area (TPSA) is 51.0 Å². The van der Waals surface area contributed by atoms with E-state index >= 15 is 0 Å². The van der Waals surface area contributed by atoms with Crippen LogP contribution >= 0.6 is 0 Å². The second kappa shape index (κ2) is 9.12. The van der Waals surface area contributed by atoms with Gasteiger partial charge in [0.05, 0.1) is 26.2 Å². The minimum absolute atomic E-state index is 0.286. The van der Waals surface area contributed by atoms with Gasteiger partial charge >= 0.3 is 0 Å². The van der Waals surface area contributed by atoms with E-state index in [0.29, 0.717) is 25.4 Å². The zero-order chi connectivity index (χ0) is 19.1. The molecule has 144 valence electrons. The van der Waals surface area contributed by atoms with E-state index in [-0.39, 0.29) is 5.82 Å². The third-order valence-corrected chi connectivity index (χ3v) is 6.12. The van der Waals surface area contributed by atoms with E-state index in [0.717, 1.165) is 25.2 Å². The van der Waals surface area contributed by atoms with Gasteiger partial charge in [0.25, 0.3) is 0 Å². The lowest BCUT2D eigenvalue weighted by molar-refractivity contribution is -0.903. The Labute approximate surface area is 159 Å². The summed E-state index contributed by atoms with van der Waals surface area (Å²) in [6.45, 7) is 3.77. The van der Waals surface area contributed by atoms with Crippen molar-refractivity contribution in [2.45, 2.75) is 0 Å². The monoisotopic (exact) mass is 391 g/mol. The van der Waals surface area contributed by atoms with Crippen LogP contribution in [0.25, 0.3) is 6.08 Å². The quantitative estimate of drug-likeness (QED) is 0.777. The molecule has 27 heavy (non-hydrogen) atoms. The summed E-state index contributed by atoms with van der Waals surface area (Å²) in [4.78, 5) is 1.30. The molecule has 0 bridgehead atoms. The van der Waals surface area contributed by atoms with Crippen molar-refractivity contribution in [2.75, 3.05) is 39.3 Å². The third-order valence-electron chi connectivity index (χ3n) is 4.56. The van der Waals surface area contributed by atoms with Crippen LogP contribution in [-0.4, -0.2) is 52.1 Å². The number of nitrogens with one attached hydrogen (secondary N) is 1. The molecular formula is C20H24FN2O3S+. The highest BCUT2D eigenvalue weighted by molar-refractivity contribution is 7.92. The predicted octanol–water partition coefficient (Wildman–Crippen LogP) is 1.41. The Morgan fingerprint density at radius 2 is 1.70 bits per heavy atom. The summed E-state index contributed by atoms with van der Waals surface area (Å²) in [6.07, 6.45) is 1.63. The maximum Gasteiger partial charge on any atom is 0.236 e. The Balaban J connectivity index is 1.44. The first kappa shape index (κ1) is 19.5. The zero-order valence-corrected chi connectivity index (χ0v) is 15.9. The molecule has 0 aromatic heterocycles. The summed E-state index contributed by atoms with van der Waals surface area (Å²) < 4.78 is 44.9. The molecule has 0 spiro atoms. The molecule has 1 aliphatic rings. The minimum atomic E-state index is -3.40. The third kappa shape index (κ3) is 5.89. The molecule has 7 heteroatoms. The van der Waals surface area contributed by atoms with Crippen LogP contribution < -0.4 is 9.64 Å². The van der Waals surface area contributed by atoms with E-state index in [9.17, 15) is 12.8 Å².